The Morgan fingerprint density at radius 3 is 2.59 bits per heavy atom. The van der Waals surface area contributed by atoms with Crippen LogP contribution in [-0.4, -0.2) is 20.3 Å². The van der Waals surface area contributed by atoms with Gasteiger partial charge in [0.15, 0.2) is 0 Å². The van der Waals surface area contributed by atoms with E-state index in [9.17, 15) is 0 Å². The van der Waals surface area contributed by atoms with Crippen LogP contribution in [-0.2, 0) is 0 Å². The van der Waals surface area contributed by atoms with Crippen molar-refractivity contribution in [1.29, 1.82) is 0 Å². The van der Waals surface area contributed by atoms with Crippen molar-refractivity contribution in [3.63, 3.8) is 0 Å². The fourth-order valence-electron chi connectivity index (χ4n) is 1.78. The second-order valence-electron chi connectivity index (χ2n) is 3.94. The quantitative estimate of drug-likeness (QED) is 0.877. The summed E-state index contributed by atoms with van der Waals surface area (Å²) in [4.78, 5) is 0. The Balaban J connectivity index is 3.12. The van der Waals surface area contributed by atoms with E-state index in [2.05, 4.69) is 28.9 Å². The van der Waals surface area contributed by atoms with E-state index in [1.54, 1.807) is 7.11 Å². The lowest BCUT2D eigenvalue weighted by atomic mass is 9.96. The van der Waals surface area contributed by atoms with Gasteiger partial charge in [0, 0.05) is 6.07 Å². The van der Waals surface area contributed by atoms with E-state index in [-0.39, 0.29) is 0 Å². The number of benzene rings is 1. The van der Waals surface area contributed by atoms with E-state index in [0.717, 1.165) is 22.4 Å². The summed E-state index contributed by atoms with van der Waals surface area (Å²) in [6.07, 6.45) is 0.943. The van der Waals surface area contributed by atoms with Gasteiger partial charge in [0.1, 0.15) is 11.5 Å². The Morgan fingerprint density at radius 2 is 2.06 bits per heavy atom. The van der Waals surface area contributed by atoms with E-state index < -0.39 is 0 Å². The van der Waals surface area contributed by atoms with Gasteiger partial charge in [-0.25, -0.2) is 0 Å². The molecule has 0 saturated heterocycles. The molecule has 0 aliphatic carbocycles. The third-order valence-corrected chi connectivity index (χ3v) is 3.33. The van der Waals surface area contributed by atoms with Gasteiger partial charge in [0.05, 0.1) is 18.2 Å². The molecule has 0 aromatic heterocycles. The molecule has 0 saturated carbocycles. The number of ether oxygens (including phenoxy) is 2. The SMILES string of the molecule is CCOc1cc(OC)c(Br)cc1C(C)CCN. The highest BCUT2D eigenvalue weighted by Crippen LogP contribution is 2.37. The normalized spacial score (nSPS) is 12.3. The summed E-state index contributed by atoms with van der Waals surface area (Å²) in [7, 11) is 1.65. The Hall–Kier alpha value is -0.740. The Labute approximate surface area is 111 Å². The van der Waals surface area contributed by atoms with Crippen LogP contribution in [0.3, 0.4) is 0 Å². The fraction of sp³-hybridized carbons (Fsp3) is 0.538. The first-order valence-corrected chi connectivity index (χ1v) is 6.63. The summed E-state index contributed by atoms with van der Waals surface area (Å²) in [6.45, 7) is 5.46. The van der Waals surface area contributed by atoms with Crippen molar-refractivity contribution in [2.24, 2.45) is 5.73 Å². The van der Waals surface area contributed by atoms with Crippen molar-refractivity contribution in [2.75, 3.05) is 20.3 Å². The molecule has 96 valence electrons. The molecule has 0 heterocycles. The summed E-state index contributed by atoms with van der Waals surface area (Å²) in [5.74, 6) is 2.05. The molecule has 17 heavy (non-hydrogen) atoms. The van der Waals surface area contributed by atoms with Gasteiger partial charge in [-0.15, -0.1) is 0 Å². The third-order valence-electron chi connectivity index (χ3n) is 2.71. The summed E-state index contributed by atoms with van der Waals surface area (Å²) >= 11 is 3.50. The maximum absolute atomic E-state index is 5.66. The number of rotatable bonds is 6. The number of nitrogens with two attached hydrogens (primary N) is 1. The molecule has 0 fully saturated rings. The van der Waals surface area contributed by atoms with Gasteiger partial charge in [-0.05, 0) is 53.4 Å². The average molecular weight is 302 g/mol. The summed E-state index contributed by atoms with van der Waals surface area (Å²) < 4.78 is 11.9. The van der Waals surface area contributed by atoms with Crippen LogP contribution < -0.4 is 15.2 Å². The third kappa shape index (κ3) is 3.61. The van der Waals surface area contributed by atoms with Crippen LogP contribution >= 0.6 is 15.9 Å². The zero-order valence-electron chi connectivity index (χ0n) is 10.6. The van der Waals surface area contributed by atoms with E-state index in [0.29, 0.717) is 19.1 Å². The van der Waals surface area contributed by atoms with Gasteiger partial charge in [-0.3, -0.25) is 0 Å². The Morgan fingerprint density at radius 1 is 1.35 bits per heavy atom. The molecule has 2 N–H and O–H groups in total. The molecule has 4 heteroatoms. The van der Waals surface area contributed by atoms with E-state index >= 15 is 0 Å². The minimum absolute atomic E-state index is 0.378. The molecule has 1 aromatic carbocycles. The van der Waals surface area contributed by atoms with Gasteiger partial charge in [-0.1, -0.05) is 6.92 Å². The van der Waals surface area contributed by atoms with Gasteiger partial charge in [-0.2, -0.15) is 0 Å². The lowest BCUT2D eigenvalue weighted by Crippen LogP contribution is -2.07. The molecule has 1 atom stereocenters. The standard InChI is InChI=1S/C13H20BrNO2/c1-4-17-12-8-13(16-3)11(14)7-10(12)9(2)5-6-15/h7-9H,4-6,15H2,1-3H3. The number of halogens is 1. The van der Waals surface area contributed by atoms with Gasteiger partial charge >= 0.3 is 0 Å². The minimum atomic E-state index is 0.378. The molecule has 3 nitrogen and oxygen atoms in total. The molecule has 0 aliphatic heterocycles. The molecule has 1 rings (SSSR count). The van der Waals surface area contributed by atoms with Gasteiger partial charge in [0.2, 0.25) is 0 Å². The number of methoxy groups -OCH3 is 1. The van der Waals surface area contributed by atoms with Crippen LogP contribution in [0.4, 0.5) is 0 Å². The first-order valence-electron chi connectivity index (χ1n) is 5.84. The zero-order chi connectivity index (χ0) is 12.8. The van der Waals surface area contributed by atoms with Gasteiger partial charge < -0.3 is 15.2 Å². The van der Waals surface area contributed by atoms with Crippen molar-refractivity contribution < 1.29 is 9.47 Å². The first kappa shape index (κ1) is 14.3. The topological polar surface area (TPSA) is 44.5 Å². The van der Waals surface area contributed by atoms with Crippen LogP contribution in [0.5, 0.6) is 11.5 Å². The largest absolute Gasteiger partial charge is 0.495 e. The molecule has 0 radical (unpaired) electrons. The molecular formula is C13H20BrNO2. The van der Waals surface area contributed by atoms with Crippen LogP contribution in [0.1, 0.15) is 31.7 Å². The number of hydrogen-bond donors (Lipinski definition) is 1. The van der Waals surface area contributed by atoms with Crippen molar-refractivity contribution in [3.8, 4) is 11.5 Å². The van der Waals surface area contributed by atoms with E-state index in [1.807, 2.05) is 13.0 Å². The highest BCUT2D eigenvalue weighted by Gasteiger charge is 2.15. The van der Waals surface area contributed by atoms with Crippen molar-refractivity contribution >= 4 is 15.9 Å². The smallest absolute Gasteiger partial charge is 0.136 e. The summed E-state index contributed by atoms with van der Waals surface area (Å²) in [6, 6.07) is 3.99. The molecular weight excluding hydrogens is 282 g/mol. The first-order chi connectivity index (χ1) is 8.13. The van der Waals surface area contributed by atoms with E-state index in [4.69, 9.17) is 15.2 Å². The van der Waals surface area contributed by atoms with Crippen molar-refractivity contribution in [1.82, 2.24) is 0 Å². The number of hydrogen-bond acceptors (Lipinski definition) is 3. The predicted octanol–water partition coefficient (Wildman–Crippen LogP) is 3.31. The Bertz CT molecular complexity index is 369. The second-order valence-corrected chi connectivity index (χ2v) is 4.79. The van der Waals surface area contributed by atoms with Crippen molar-refractivity contribution in [3.05, 3.63) is 22.2 Å². The molecule has 0 spiro atoms. The zero-order valence-corrected chi connectivity index (χ0v) is 12.2. The average Bonchev–Trinajstić information content (AvgIpc) is 2.31. The van der Waals surface area contributed by atoms with Gasteiger partial charge in [0.25, 0.3) is 0 Å². The minimum Gasteiger partial charge on any atom is -0.495 e. The fourth-order valence-corrected chi connectivity index (χ4v) is 2.30. The summed E-state index contributed by atoms with van der Waals surface area (Å²) in [5, 5.41) is 0. The van der Waals surface area contributed by atoms with Crippen LogP contribution in [0.15, 0.2) is 16.6 Å². The molecule has 1 unspecified atom stereocenters. The molecule has 0 aliphatic rings. The molecule has 0 amide bonds. The maximum atomic E-state index is 5.66. The molecule has 0 bridgehead atoms. The lowest BCUT2D eigenvalue weighted by molar-refractivity contribution is 0.329. The van der Waals surface area contributed by atoms with Crippen LogP contribution in [0, 0.1) is 0 Å². The highest BCUT2D eigenvalue weighted by atomic mass is 79.9. The monoisotopic (exact) mass is 301 g/mol. The molecule has 1 aromatic rings. The van der Waals surface area contributed by atoms with Crippen LogP contribution in [0.2, 0.25) is 0 Å². The predicted molar refractivity (Wildman–Crippen MR) is 73.9 cm³/mol. The highest BCUT2D eigenvalue weighted by molar-refractivity contribution is 9.10. The van der Waals surface area contributed by atoms with Crippen molar-refractivity contribution in [2.45, 2.75) is 26.2 Å². The summed E-state index contributed by atoms with van der Waals surface area (Å²) in [5.41, 5.74) is 6.78. The lowest BCUT2D eigenvalue weighted by Gasteiger charge is -2.18. The second kappa shape index (κ2) is 6.87. The van der Waals surface area contributed by atoms with Crippen LogP contribution in [0.25, 0.3) is 0 Å². The van der Waals surface area contributed by atoms with E-state index in [1.165, 1.54) is 5.56 Å². The maximum Gasteiger partial charge on any atom is 0.136 e. The Kier molecular flexibility index (Phi) is 5.78.